The molecule has 7 nitrogen and oxygen atoms in total. The van der Waals surface area contributed by atoms with Crippen LogP contribution in [0.15, 0.2) is 12.1 Å². The molecule has 8 heteroatoms. The van der Waals surface area contributed by atoms with E-state index in [0.717, 1.165) is 36.4 Å². The highest BCUT2D eigenvalue weighted by molar-refractivity contribution is 7.13. The topological polar surface area (TPSA) is 104 Å². The van der Waals surface area contributed by atoms with Crippen LogP contribution >= 0.6 is 11.3 Å². The van der Waals surface area contributed by atoms with E-state index in [0.29, 0.717) is 17.4 Å². The van der Waals surface area contributed by atoms with Crippen LogP contribution in [-0.2, 0) is 17.6 Å². The lowest BCUT2D eigenvalue weighted by Gasteiger charge is -1.99. The Morgan fingerprint density at radius 3 is 2.71 bits per heavy atom. The maximum absolute atomic E-state index is 11.5. The third kappa shape index (κ3) is 4.75. The van der Waals surface area contributed by atoms with Gasteiger partial charge in [-0.15, -0.1) is 15.3 Å². The number of rotatable bonds is 7. The van der Waals surface area contributed by atoms with E-state index in [2.05, 4.69) is 20.4 Å². The van der Waals surface area contributed by atoms with Crippen molar-refractivity contribution in [2.45, 2.75) is 32.6 Å². The molecule has 0 aliphatic carbocycles. The van der Waals surface area contributed by atoms with Gasteiger partial charge in [0.15, 0.2) is 0 Å². The van der Waals surface area contributed by atoms with Gasteiger partial charge < -0.3 is 10.5 Å². The average Bonchev–Trinajstić information content (AvgIpc) is 2.95. The number of nitrogens with two attached hydrogens (primary N) is 1. The second kappa shape index (κ2) is 7.63. The number of aryl methyl sites for hydroxylation is 2. The Bertz CT molecular complexity index is 585. The maximum atomic E-state index is 11.5. The number of nitrogen functional groups attached to an aromatic ring is 1. The summed E-state index contributed by atoms with van der Waals surface area (Å²) in [5, 5.41) is 16.8. The molecule has 0 saturated heterocycles. The van der Waals surface area contributed by atoms with Crippen LogP contribution in [0, 0.1) is 0 Å². The second-order valence-corrected chi connectivity index (χ2v) is 5.44. The first-order chi connectivity index (χ1) is 10.2. The quantitative estimate of drug-likeness (QED) is 0.612. The van der Waals surface area contributed by atoms with Crippen molar-refractivity contribution in [1.29, 1.82) is 0 Å². The van der Waals surface area contributed by atoms with Crippen molar-refractivity contribution in [1.82, 2.24) is 20.4 Å². The highest BCUT2D eigenvalue weighted by atomic mass is 32.1. The Hall–Kier alpha value is -2.09. The van der Waals surface area contributed by atoms with Gasteiger partial charge in [-0.05, 0) is 38.3 Å². The number of unbranched alkanes of at least 4 members (excludes halogenated alkanes) is 1. The number of hydrogen-bond donors (Lipinski definition) is 1. The van der Waals surface area contributed by atoms with Gasteiger partial charge in [0.25, 0.3) is 0 Å². The molecule has 21 heavy (non-hydrogen) atoms. The number of aromatic nitrogens is 4. The van der Waals surface area contributed by atoms with Crippen molar-refractivity contribution < 1.29 is 9.53 Å². The van der Waals surface area contributed by atoms with Crippen molar-refractivity contribution in [2.24, 2.45) is 0 Å². The molecule has 0 aliphatic rings. The summed E-state index contributed by atoms with van der Waals surface area (Å²) in [5.41, 5.74) is 6.41. The fraction of sp³-hybridized carbons (Fsp3) is 0.462. The number of carbonyl (C=O) groups excluding carboxylic acids is 1. The minimum Gasteiger partial charge on any atom is -0.461 e. The lowest BCUT2D eigenvalue weighted by molar-refractivity contribution is 0.0525. The fourth-order valence-corrected chi connectivity index (χ4v) is 2.49. The monoisotopic (exact) mass is 307 g/mol. The van der Waals surface area contributed by atoms with E-state index < -0.39 is 5.97 Å². The third-order valence-electron chi connectivity index (χ3n) is 2.73. The minimum absolute atomic E-state index is 0.316. The first kappa shape index (κ1) is 15.3. The van der Waals surface area contributed by atoms with E-state index in [9.17, 15) is 4.79 Å². The number of ether oxygens (including phenoxy) is 1. The van der Waals surface area contributed by atoms with Gasteiger partial charge in [0.2, 0.25) is 5.01 Å². The Morgan fingerprint density at radius 1 is 1.19 bits per heavy atom. The molecule has 0 unspecified atom stereocenters. The molecule has 0 bridgehead atoms. The Balaban J connectivity index is 1.73. The summed E-state index contributed by atoms with van der Waals surface area (Å²) in [4.78, 5) is 11.5. The molecule has 2 aromatic rings. The Labute approximate surface area is 126 Å². The van der Waals surface area contributed by atoms with Gasteiger partial charge in [0, 0.05) is 6.42 Å². The van der Waals surface area contributed by atoms with Gasteiger partial charge in [0.05, 0.1) is 12.3 Å². The molecule has 2 aromatic heterocycles. The normalized spacial score (nSPS) is 10.5. The molecule has 2 N–H and O–H groups in total. The first-order valence-corrected chi connectivity index (χ1v) is 7.58. The van der Waals surface area contributed by atoms with Crippen LogP contribution in [0.3, 0.4) is 0 Å². The molecule has 0 spiro atoms. The molecule has 2 rings (SSSR count). The fourth-order valence-electron chi connectivity index (χ4n) is 1.72. The number of anilines is 1. The van der Waals surface area contributed by atoms with E-state index >= 15 is 0 Å². The van der Waals surface area contributed by atoms with Crippen molar-refractivity contribution in [3.05, 3.63) is 27.8 Å². The Morgan fingerprint density at radius 2 is 2.00 bits per heavy atom. The number of esters is 1. The predicted molar refractivity (Wildman–Crippen MR) is 79.0 cm³/mol. The zero-order valence-electron chi connectivity index (χ0n) is 11.8. The standard InChI is InChI=1S/C13H17N5O2S/c1-2-20-13(19)12-18-17-11(21-12)6-4-3-5-9-7-8-10(14)16-15-9/h7-8H,2-6H2,1H3,(H2,14,16). The summed E-state index contributed by atoms with van der Waals surface area (Å²) in [7, 11) is 0. The highest BCUT2D eigenvalue weighted by Gasteiger charge is 2.13. The zero-order chi connectivity index (χ0) is 15.1. The zero-order valence-corrected chi connectivity index (χ0v) is 12.6. The van der Waals surface area contributed by atoms with Gasteiger partial charge in [-0.1, -0.05) is 11.3 Å². The molecule has 0 fully saturated rings. The van der Waals surface area contributed by atoms with Crippen LogP contribution in [0.2, 0.25) is 0 Å². The molecular weight excluding hydrogens is 290 g/mol. The van der Waals surface area contributed by atoms with Crippen molar-refractivity contribution in [3.8, 4) is 0 Å². The molecule has 2 heterocycles. The van der Waals surface area contributed by atoms with Crippen LogP contribution in [0.4, 0.5) is 5.82 Å². The summed E-state index contributed by atoms with van der Waals surface area (Å²) in [6, 6.07) is 3.63. The average molecular weight is 307 g/mol. The lowest BCUT2D eigenvalue weighted by atomic mass is 10.1. The van der Waals surface area contributed by atoms with E-state index in [1.54, 1.807) is 13.0 Å². The van der Waals surface area contributed by atoms with Crippen LogP contribution in [0.5, 0.6) is 0 Å². The predicted octanol–water partition coefficient (Wildman–Crippen LogP) is 1.65. The summed E-state index contributed by atoms with van der Waals surface area (Å²) < 4.78 is 4.88. The smallest absolute Gasteiger partial charge is 0.369 e. The summed E-state index contributed by atoms with van der Waals surface area (Å²) in [6.45, 7) is 2.11. The van der Waals surface area contributed by atoms with Crippen LogP contribution in [-0.4, -0.2) is 33.0 Å². The summed E-state index contributed by atoms with van der Waals surface area (Å²) in [6.07, 6.45) is 3.55. The van der Waals surface area contributed by atoms with E-state index in [1.807, 2.05) is 6.07 Å². The maximum Gasteiger partial charge on any atom is 0.369 e. The Kier molecular flexibility index (Phi) is 5.56. The molecule has 0 amide bonds. The second-order valence-electron chi connectivity index (χ2n) is 4.38. The van der Waals surface area contributed by atoms with E-state index in [4.69, 9.17) is 10.5 Å². The van der Waals surface area contributed by atoms with Crippen molar-refractivity contribution in [2.75, 3.05) is 12.3 Å². The molecule has 0 radical (unpaired) electrons. The van der Waals surface area contributed by atoms with Gasteiger partial charge in [-0.3, -0.25) is 0 Å². The van der Waals surface area contributed by atoms with E-state index in [-0.39, 0.29) is 0 Å². The highest BCUT2D eigenvalue weighted by Crippen LogP contribution is 2.14. The van der Waals surface area contributed by atoms with Crippen molar-refractivity contribution in [3.63, 3.8) is 0 Å². The number of hydrogen-bond acceptors (Lipinski definition) is 8. The van der Waals surface area contributed by atoms with Crippen LogP contribution in [0.1, 0.15) is 40.3 Å². The minimum atomic E-state index is -0.404. The number of nitrogens with zero attached hydrogens (tertiary/aromatic N) is 4. The molecule has 0 aromatic carbocycles. The lowest BCUT2D eigenvalue weighted by Crippen LogP contribution is -2.03. The van der Waals surface area contributed by atoms with Crippen LogP contribution in [0.25, 0.3) is 0 Å². The number of carbonyl (C=O) groups is 1. The molecule has 0 saturated carbocycles. The van der Waals surface area contributed by atoms with Gasteiger partial charge in [-0.25, -0.2) is 4.79 Å². The third-order valence-corrected chi connectivity index (χ3v) is 3.69. The summed E-state index contributed by atoms with van der Waals surface area (Å²) in [5.74, 6) is 0.0255. The molecule has 0 aliphatic heterocycles. The first-order valence-electron chi connectivity index (χ1n) is 6.76. The van der Waals surface area contributed by atoms with Gasteiger partial charge >= 0.3 is 5.97 Å². The van der Waals surface area contributed by atoms with Gasteiger partial charge in [0.1, 0.15) is 10.8 Å². The van der Waals surface area contributed by atoms with E-state index in [1.165, 1.54) is 11.3 Å². The summed E-state index contributed by atoms with van der Waals surface area (Å²) >= 11 is 1.29. The largest absolute Gasteiger partial charge is 0.461 e. The SMILES string of the molecule is CCOC(=O)c1nnc(CCCCc2ccc(N)nn2)s1. The van der Waals surface area contributed by atoms with Crippen molar-refractivity contribution >= 4 is 23.1 Å². The molecule has 112 valence electrons. The van der Waals surface area contributed by atoms with Crippen LogP contribution < -0.4 is 5.73 Å². The molecule has 0 atom stereocenters. The molecular formula is C13H17N5O2S. The van der Waals surface area contributed by atoms with Gasteiger partial charge in [-0.2, -0.15) is 5.10 Å².